The molecule has 108 valence electrons. The van der Waals surface area contributed by atoms with Crippen LogP contribution in [0.4, 0.5) is 0 Å². The van der Waals surface area contributed by atoms with Gasteiger partial charge in [-0.1, -0.05) is 26.0 Å². The third-order valence-electron chi connectivity index (χ3n) is 2.58. The molecule has 0 aliphatic heterocycles. The van der Waals surface area contributed by atoms with Crippen molar-refractivity contribution in [3.63, 3.8) is 0 Å². The highest BCUT2D eigenvalue weighted by atomic mass is 32.2. The number of benzene rings is 1. The van der Waals surface area contributed by atoms with Crippen LogP contribution in [0.5, 0.6) is 0 Å². The first kappa shape index (κ1) is 16.5. The van der Waals surface area contributed by atoms with Gasteiger partial charge in [0.05, 0.1) is 12.7 Å². The van der Waals surface area contributed by atoms with Crippen molar-refractivity contribution >= 4 is 11.8 Å². The molecule has 1 aromatic carbocycles. The lowest BCUT2D eigenvalue weighted by molar-refractivity contribution is 0.0920. The molecule has 19 heavy (non-hydrogen) atoms. The van der Waals surface area contributed by atoms with Gasteiger partial charge in [-0.2, -0.15) is 0 Å². The lowest BCUT2D eigenvalue weighted by Gasteiger charge is -2.09. The van der Waals surface area contributed by atoms with Gasteiger partial charge in [-0.05, 0) is 44.0 Å². The second-order valence-electron chi connectivity index (χ2n) is 5.44. The first-order chi connectivity index (χ1) is 9.08. The standard InChI is InChI=1S/C16H27NOS/c1-13(2)11-17-12-15-6-5-7-16(10-15)19-9-8-18-14(3)4/h5-7,10,13-14,17H,8-9,11-12H2,1-4H3. The molecule has 0 spiro atoms. The van der Waals surface area contributed by atoms with Crippen molar-refractivity contribution in [3.05, 3.63) is 29.8 Å². The topological polar surface area (TPSA) is 21.3 Å². The van der Waals surface area contributed by atoms with Crippen molar-refractivity contribution in [2.75, 3.05) is 18.9 Å². The van der Waals surface area contributed by atoms with E-state index in [0.29, 0.717) is 12.0 Å². The van der Waals surface area contributed by atoms with Crippen LogP contribution in [0.1, 0.15) is 33.3 Å². The van der Waals surface area contributed by atoms with Crippen LogP contribution in [0.2, 0.25) is 0 Å². The van der Waals surface area contributed by atoms with Crippen molar-refractivity contribution in [3.8, 4) is 0 Å². The van der Waals surface area contributed by atoms with Crippen LogP contribution in [-0.2, 0) is 11.3 Å². The summed E-state index contributed by atoms with van der Waals surface area (Å²) in [5, 5.41) is 3.48. The van der Waals surface area contributed by atoms with Crippen LogP contribution < -0.4 is 5.32 Å². The maximum atomic E-state index is 5.55. The van der Waals surface area contributed by atoms with E-state index in [4.69, 9.17) is 4.74 Å². The Hall–Kier alpha value is -0.510. The van der Waals surface area contributed by atoms with Crippen LogP contribution in [0.15, 0.2) is 29.2 Å². The van der Waals surface area contributed by atoms with Gasteiger partial charge in [-0.15, -0.1) is 11.8 Å². The predicted molar refractivity (Wildman–Crippen MR) is 84.8 cm³/mol. The Morgan fingerprint density at radius 2 is 2.00 bits per heavy atom. The molecule has 1 rings (SSSR count). The number of thioether (sulfide) groups is 1. The second-order valence-corrected chi connectivity index (χ2v) is 6.61. The highest BCUT2D eigenvalue weighted by molar-refractivity contribution is 7.99. The van der Waals surface area contributed by atoms with Crippen molar-refractivity contribution < 1.29 is 4.74 Å². The molecule has 0 unspecified atom stereocenters. The van der Waals surface area contributed by atoms with Gasteiger partial charge in [0.2, 0.25) is 0 Å². The summed E-state index contributed by atoms with van der Waals surface area (Å²) in [5.74, 6) is 1.71. The number of nitrogens with one attached hydrogen (secondary N) is 1. The van der Waals surface area contributed by atoms with Crippen molar-refractivity contribution in [1.29, 1.82) is 0 Å². The normalized spacial score (nSPS) is 11.5. The first-order valence-electron chi connectivity index (χ1n) is 7.12. The second kappa shape index (κ2) is 9.40. The minimum absolute atomic E-state index is 0.326. The Balaban J connectivity index is 2.31. The average molecular weight is 281 g/mol. The monoisotopic (exact) mass is 281 g/mol. The average Bonchev–Trinajstić information content (AvgIpc) is 2.34. The Bertz CT molecular complexity index is 352. The summed E-state index contributed by atoms with van der Waals surface area (Å²) in [6, 6.07) is 8.76. The molecule has 0 radical (unpaired) electrons. The van der Waals surface area contributed by atoms with Gasteiger partial charge in [0, 0.05) is 17.2 Å². The van der Waals surface area contributed by atoms with E-state index in [9.17, 15) is 0 Å². The van der Waals surface area contributed by atoms with Gasteiger partial charge in [0.1, 0.15) is 0 Å². The maximum Gasteiger partial charge on any atom is 0.0563 e. The van der Waals surface area contributed by atoms with E-state index in [0.717, 1.165) is 25.4 Å². The molecule has 0 aromatic heterocycles. The molecule has 0 saturated carbocycles. The van der Waals surface area contributed by atoms with E-state index < -0.39 is 0 Å². The summed E-state index contributed by atoms with van der Waals surface area (Å²) in [7, 11) is 0. The Labute approximate surface area is 122 Å². The number of ether oxygens (including phenoxy) is 1. The summed E-state index contributed by atoms with van der Waals surface area (Å²) in [4.78, 5) is 1.33. The van der Waals surface area contributed by atoms with Crippen LogP contribution in [0, 0.1) is 5.92 Å². The first-order valence-corrected chi connectivity index (χ1v) is 8.10. The van der Waals surface area contributed by atoms with Gasteiger partial charge in [0.15, 0.2) is 0 Å². The van der Waals surface area contributed by atoms with Crippen molar-refractivity contribution in [2.45, 2.75) is 45.2 Å². The van der Waals surface area contributed by atoms with E-state index in [-0.39, 0.29) is 0 Å². The molecule has 0 bridgehead atoms. The fourth-order valence-electron chi connectivity index (χ4n) is 1.69. The van der Waals surface area contributed by atoms with E-state index in [2.05, 4.69) is 57.3 Å². The minimum atomic E-state index is 0.326. The molecule has 0 heterocycles. The molecular weight excluding hydrogens is 254 g/mol. The predicted octanol–water partition coefficient (Wildman–Crippen LogP) is 3.95. The summed E-state index contributed by atoms with van der Waals surface area (Å²) in [6.07, 6.45) is 0.326. The molecule has 1 aromatic rings. The zero-order valence-corrected chi connectivity index (χ0v) is 13.4. The molecule has 0 fully saturated rings. The van der Waals surface area contributed by atoms with Crippen molar-refractivity contribution in [2.24, 2.45) is 5.92 Å². The van der Waals surface area contributed by atoms with Crippen molar-refractivity contribution in [1.82, 2.24) is 5.32 Å². The number of rotatable bonds is 9. The van der Waals surface area contributed by atoms with Gasteiger partial charge < -0.3 is 10.1 Å². The van der Waals surface area contributed by atoms with Gasteiger partial charge >= 0.3 is 0 Å². The lowest BCUT2D eigenvalue weighted by Crippen LogP contribution is -2.18. The van der Waals surface area contributed by atoms with Gasteiger partial charge in [0.25, 0.3) is 0 Å². The summed E-state index contributed by atoms with van der Waals surface area (Å²) in [5.41, 5.74) is 1.36. The Morgan fingerprint density at radius 1 is 1.21 bits per heavy atom. The molecule has 0 atom stereocenters. The molecule has 0 aliphatic carbocycles. The SMILES string of the molecule is CC(C)CNCc1cccc(SCCOC(C)C)c1. The highest BCUT2D eigenvalue weighted by Crippen LogP contribution is 2.19. The molecule has 2 nitrogen and oxygen atoms in total. The summed E-state index contributed by atoms with van der Waals surface area (Å²) >= 11 is 1.86. The molecule has 1 N–H and O–H groups in total. The van der Waals surface area contributed by atoms with E-state index in [1.54, 1.807) is 0 Å². The molecule has 0 saturated heterocycles. The zero-order valence-electron chi connectivity index (χ0n) is 12.6. The van der Waals surface area contributed by atoms with Crippen LogP contribution >= 0.6 is 11.8 Å². The summed E-state index contributed by atoms with van der Waals surface area (Å²) < 4.78 is 5.55. The third kappa shape index (κ3) is 8.30. The zero-order chi connectivity index (χ0) is 14.1. The van der Waals surface area contributed by atoms with Crippen LogP contribution in [0.25, 0.3) is 0 Å². The van der Waals surface area contributed by atoms with E-state index in [1.165, 1.54) is 10.5 Å². The largest absolute Gasteiger partial charge is 0.378 e. The number of hydrogen-bond donors (Lipinski definition) is 1. The van der Waals surface area contributed by atoms with Gasteiger partial charge in [-0.25, -0.2) is 0 Å². The van der Waals surface area contributed by atoms with Crippen LogP contribution in [0.3, 0.4) is 0 Å². The van der Waals surface area contributed by atoms with E-state index >= 15 is 0 Å². The quantitative estimate of drug-likeness (QED) is 0.547. The molecule has 0 aliphatic rings. The minimum Gasteiger partial charge on any atom is -0.378 e. The highest BCUT2D eigenvalue weighted by Gasteiger charge is 1.99. The lowest BCUT2D eigenvalue weighted by atomic mass is 10.2. The van der Waals surface area contributed by atoms with Gasteiger partial charge in [-0.3, -0.25) is 0 Å². The number of hydrogen-bond acceptors (Lipinski definition) is 3. The molecule has 3 heteroatoms. The Kier molecular flexibility index (Phi) is 8.19. The fourth-order valence-corrected chi connectivity index (χ4v) is 2.52. The maximum absolute atomic E-state index is 5.55. The molecule has 0 amide bonds. The van der Waals surface area contributed by atoms with E-state index in [1.807, 2.05) is 11.8 Å². The Morgan fingerprint density at radius 3 is 2.68 bits per heavy atom. The smallest absolute Gasteiger partial charge is 0.0563 e. The summed E-state index contributed by atoms with van der Waals surface area (Å²) in [6.45, 7) is 11.5. The van der Waals surface area contributed by atoms with Crippen LogP contribution in [-0.4, -0.2) is 25.0 Å². The molecular formula is C16H27NOS. The third-order valence-corrected chi connectivity index (χ3v) is 3.54. The fraction of sp³-hybridized carbons (Fsp3) is 0.625.